The van der Waals surface area contributed by atoms with Crippen LogP contribution in [0.3, 0.4) is 0 Å². The average molecular weight is 411 g/mol. The molecule has 0 aromatic heterocycles. The van der Waals surface area contributed by atoms with Crippen LogP contribution in [0, 0.1) is 5.92 Å². The molecule has 7 heteroatoms. The molecule has 0 unspecified atom stereocenters. The van der Waals surface area contributed by atoms with Gasteiger partial charge in [-0.25, -0.2) is 0 Å². The van der Waals surface area contributed by atoms with E-state index in [0.29, 0.717) is 12.5 Å². The van der Waals surface area contributed by atoms with E-state index in [-0.39, 0.29) is 23.9 Å². The monoisotopic (exact) mass is 410 g/mol. The van der Waals surface area contributed by atoms with Gasteiger partial charge < -0.3 is 24.4 Å². The number of piperidine rings is 2. The maximum atomic E-state index is 12.9. The molecule has 1 N–H and O–H groups in total. The molecule has 1 aromatic carbocycles. The van der Waals surface area contributed by atoms with Crippen LogP contribution in [0.15, 0.2) is 12.1 Å². The second kappa shape index (κ2) is 8.89. The number of benzene rings is 1. The largest absolute Gasteiger partial charge is 0.493 e. The highest BCUT2D eigenvalue weighted by Gasteiger charge is 2.43. The van der Waals surface area contributed by atoms with Crippen LogP contribution in [-0.2, 0) is 21.6 Å². The summed E-state index contributed by atoms with van der Waals surface area (Å²) in [5.74, 6) is 2.03. The van der Waals surface area contributed by atoms with E-state index in [1.807, 2.05) is 0 Å². The zero-order valence-corrected chi connectivity index (χ0v) is 17.6. The molecule has 3 heterocycles. The van der Waals surface area contributed by atoms with Crippen LogP contribution in [0.1, 0.15) is 36.8 Å². The maximum Gasteiger partial charge on any atom is 0.225 e. The Bertz CT molecular complexity index is 698. The number of carbonyl (C=O) groups excluding carboxylic acids is 1. The summed E-state index contributed by atoms with van der Waals surface area (Å²) < 4.78 is 17.3. The summed E-state index contributed by atoms with van der Waals surface area (Å²) >= 11 is 0. The third-order valence-electron chi connectivity index (χ3n) is 6.42. The molecule has 2 fully saturated rings. The van der Waals surface area contributed by atoms with E-state index < -0.39 is 0 Å². The smallest absolute Gasteiger partial charge is 0.225 e. The normalized spacial score (nSPS) is 21.6. The number of rotatable bonds is 3. The maximum absolute atomic E-state index is 12.9. The highest BCUT2D eigenvalue weighted by molar-refractivity contribution is 5.85. The van der Waals surface area contributed by atoms with Gasteiger partial charge in [-0.1, -0.05) is 0 Å². The van der Waals surface area contributed by atoms with E-state index in [0.717, 1.165) is 69.8 Å². The Morgan fingerprint density at radius 2 is 1.79 bits per heavy atom. The van der Waals surface area contributed by atoms with Gasteiger partial charge in [-0.2, -0.15) is 0 Å². The van der Waals surface area contributed by atoms with E-state index in [1.165, 1.54) is 11.1 Å². The van der Waals surface area contributed by atoms with Crippen molar-refractivity contribution in [1.82, 2.24) is 10.2 Å². The fourth-order valence-electron chi connectivity index (χ4n) is 4.82. The highest BCUT2D eigenvalue weighted by Crippen LogP contribution is 2.45. The van der Waals surface area contributed by atoms with Gasteiger partial charge in [-0.3, -0.25) is 4.79 Å². The van der Waals surface area contributed by atoms with Crippen molar-refractivity contribution < 1.29 is 19.0 Å². The number of hydrogen-bond acceptors (Lipinski definition) is 5. The van der Waals surface area contributed by atoms with Crippen LogP contribution < -0.4 is 14.8 Å². The third-order valence-corrected chi connectivity index (χ3v) is 6.42. The van der Waals surface area contributed by atoms with Gasteiger partial charge in [0.2, 0.25) is 5.91 Å². The van der Waals surface area contributed by atoms with Crippen molar-refractivity contribution in [2.45, 2.75) is 37.7 Å². The number of halogens is 1. The number of methoxy groups -OCH3 is 2. The fraction of sp³-hybridized carbons (Fsp3) is 0.667. The summed E-state index contributed by atoms with van der Waals surface area (Å²) in [6, 6.07) is 4.17. The number of fused-ring (bicyclic) bond motifs is 2. The van der Waals surface area contributed by atoms with Gasteiger partial charge in [0.1, 0.15) is 0 Å². The average Bonchev–Trinajstić information content (AvgIpc) is 2.74. The van der Waals surface area contributed by atoms with Crippen molar-refractivity contribution in [2.75, 3.05) is 47.0 Å². The Balaban J connectivity index is 0.00000225. The zero-order valence-electron chi connectivity index (χ0n) is 16.8. The van der Waals surface area contributed by atoms with E-state index >= 15 is 0 Å². The van der Waals surface area contributed by atoms with Gasteiger partial charge in [-0.05, 0) is 68.5 Å². The molecule has 0 bridgehead atoms. The number of hydrogen-bond donors (Lipinski definition) is 1. The number of nitrogens with zero attached hydrogens (tertiary/aromatic N) is 1. The lowest BCUT2D eigenvalue weighted by molar-refractivity contribution is -0.145. The number of carbonyl (C=O) groups is 1. The van der Waals surface area contributed by atoms with E-state index in [9.17, 15) is 4.79 Å². The Labute approximate surface area is 173 Å². The Morgan fingerprint density at radius 3 is 2.43 bits per heavy atom. The quantitative estimate of drug-likeness (QED) is 0.829. The summed E-state index contributed by atoms with van der Waals surface area (Å²) in [5.41, 5.74) is 2.18. The minimum Gasteiger partial charge on any atom is -0.493 e. The van der Waals surface area contributed by atoms with Crippen LogP contribution in [0.2, 0.25) is 0 Å². The Hall–Kier alpha value is -1.50. The number of ether oxygens (including phenoxy) is 3. The molecule has 1 spiro atoms. The van der Waals surface area contributed by atoms with Crippen molar-refractivity contribution in [3.8, 4) is 11.5 Å². The molecule has 0 aliphatic carbocycles. The summed E-state index contributed by atoms with van der Waals surface area (Å²) in [5, 5.41) is 3.34. The molecule has 1 amide bonds. The predicted molar refractivity (Wildman–Crippen MR) is 110 cm³/mol. The first kappa shape index (κ1) is 21.2. The lowest BCUT2D eigenvalue weighted by Crippen LogP contribution is -2.50. The molecule has 0 saturated carbocycles. The second-order valence-corrected chi connectivity index (χ2v) is 7.81. The SMILES string of the molecule is COc1cc2c(cc1OC)C1(CCN(C(=O)C3CCNCC3)CC1)OCC2.Cl. The number of nitrogens with one attached hydrogen (secondary N) is 1. The van der Waals surface area contributed by atoms with Crippen LogP contribution in [-0.4, -0.2) is 57.8 Å². The summed E-state index contributed by atoms with van der Waals surface area (Å²) in [7, 11) is 3.34. The van der Waals surface area contributed by atoms with E-state index in [2.05, 4.69) is 22.3 Å². The van der Waals surface area contributed by atoms with Crippen molar-refractivity contribution in [3.05, 3.63) is 23.3 Å². The summed E-state index contributed by atoms with van der Waals surface area (Å²) in [6.45, 7) is 4.14. The molecule has 1 aromatic rings. The van der Waals surface area contributed by atoms with Gasteiger partial charge in [-0.15, -0.1) is 12.4 Å². The summed E-state index contributed by atoms with van der Waals surface area (Å²) in [4.78, 5) is 14.9. The lowest BCUT2D eigenvalue weighted by Gasteiger charge is -2.46. The topological polar surface area (TPSA) is 60.0 Å². The van der Waals surface area contributed by atoms with E-state index in [1.54, 1.807) is 14.2 Å². The Morgan fingerprint density at radius 1 is 1.14 bits per heavy atom. The second-order valence-electron chi connectivity index (χ2n) is 7.81. The molecule has 156 valence electrons. The standard InChI is InChI=1S/C21H30N2O4.ClH/c1-25-18-13-16-5-12-27-21(17(16)14-19(18)26-2)6-10-23(11-7-21)20(24)15-3-8-22-9-4-15;/h13-15,22H,3-12H2,1-2H3;1H. The van der Waals surface area contributed by atoms with Crippen molar-refractivity contribution >= 4 is 18.3 Å². The predicted octanol–water partition coefficient (Wildman–Crippen LogP) is 2.52. The molecule has 0 radical (unpaired) electrons. The first-order chi connectivity index (χ1) is 13.2. The summed E-state index contributed by atoms with van der Waals surface area (Å²) in [6.07, 6.45) is 4.47. The minimum atomic E-state index is -0.308. The molecule has 4 rings (SSSR count). The van der Waals surface area contributed by atoms with Crippen LogP contribution in [0.4, 0.5) is 0 Å². The van der Waals surface area contributed by atoms with E-state index in [4.69, 9.17) is 14.2 Å². The molecule has 2 saturated heterocycles. The molecule has 0 atom stereocenters. The van der Waals surface area contributed by atoms with Crippen molar-refractivity contribution in [1.29, 1.82) is 0 Å². The molecule has 3 aliphatic rings. The molecule has 6 nitrogen and oxygen atoms in total. The van der Waals surface area contributed by atoms with Crippen molar-refractivity contribution in [2.24, 2.45) is 5.92 Å². The first-order valence-electron chi connectivity index (χ1n) is 10.1. The van der Waals surface area contributed by atoms with Gasteiger partial charge >= 0.3 is 0 Å². The number of amides is 1. The van der Waals surface area contributed by atoms with Gasteiger partial charge in [0.15, 0.2) is 11.5 Å². The third kappa shape index (κ3) is 3.82. The zero-order chi connectivity index (χ0) is 18.9. The molecular formula is C21H31ClN2O4. The first-order valence-corrected chi connectivity index (χ1v) is 10.1. The molecule has 28 heavy (non-hydrogen) atoms. The minimum absolute atomic E-state index is 0. The van der Waals surface area contributed by atoms with Gasteiger partial charge in [0.25, 0.3) is 0 Å². The van der Waals surface area contributed by atoms with Gasteiger partial charge in [0, 0.05) is 19.0 Å². The fourth-order valence-corrected chi connectivity index (χ4v) is 4.82. The highest BCUT2D eigenvalue weighted by atomic mass is 35.5. The number of likely N-dealkylation sites (tertiary alicyclic amines) is 1. The van der Waals surface area contributed by atoms with Crippen LogP contribution in [0.5, 0.6) is 11.5 Å². The van der Waals surface area contributed by atoms with Crippen LogP contribution in [0.25, 0.3) is 0 Å². The lowest BCUT2D eigenvalue weighted by atomic mass is 9.78. The Kier molecular flexibility index (Phi) is 6.73. The van der Waals surface area contributed by atoms with Crippen LogP contribution >= 0.6 is 12.4 Å². The van der Waals surface area contributed by atoms with Crippen molar-refractivity contribution in [3.63, 3.8) is 0 Å². The molecular weight excluding hydrogens is 380 g/mol. The molecule has 3 aliphatic heterocycles. The van der Waals surface area contributed by atoms with Gasteiger partial charge in [0.05, 0.1) is 26.4 Å².